The summed E-state index contributed by atoms with van der Waals surface area (Å²) in [5.74, 6) is 0.943. The molecule has 0 atom stereocenters. The smallest absolute Gasteiger partial charge is 0.224 e. The minimum atomic E-state index is 0.233. The number of hydrogen-bond acceptors (Lipinski definition) is 6. The average Bonchev–Trinajstić information content (AvgIpc) is 2.81. The van der Waals surface area contributed by atoms with Gasteiger partial charge in [-0.25, -0.2) is 4.98 Å². The minimum absolute atomic E-state index is 0.233. The number of anilines is 2. The van der Waals surface area contributed by atoms with Crippen molar-refractivity contribution in [3.05, 3.63) is 6.33 Å². The number of ether oxygens (including phenoxy) is 1. The summed E-state index contributed by atoms with van der Waals surface area (Å²) in [6, 6.07) is 0. The molecule has 2 aromatic heterocycles. The van der Waals surface area contributed by atoms with Gasteiger partial charge in [0.2, 0.25) is 5.95 Å². The molecule has 0 fully saturated rings. The normalized spacial score (nSPS) is 10.9. The van der Waals surface area contributed by atoms with Gasteiger partial charge in [-0.2, -0.15) is 9.97 Å². The van der Waals surface area contributed by atoms with Crippen LogP contribution in [-0.2, 0) is 4.74 Å². The first kappa shape index (κ1) is 12.6. The van der Waals surface area contributed by atoms with Crippen LogP contribution in [0.3, 0.4) is 0 Å². The van der Waals surface area contributed by atoms with E-state index >= 15 is 0 Å². The number of nitrogens with two attached hydrogens (primary N) is 1. The molecule has 0 amide bonds. The summed E-state index contributed by atoms with van der Waals surface area (Å²) in [7, 11) is 1.72. The van der Waals surface area contributed by atoms with Crippen molar-refractivity contribution < 1.29 is 4.74 Å². The van der Waals surface area contributed by atoms with Crippen molar-refractivity contribution in [1.82, 2.24) is 19.9 Å². The summed E-state index contributed by atoms with van der Waals surface area (Å²) in [4.78, 5) is 15.3. The maximum absolute atomic E-state index is 5.62. The molecule has 18 heavy (non-hydrogen) atoms. The molecule has 0 spiro atoms. The van der Waals surface area contributed by atoms with Crippen LogP contribution < -0.4 is 11.1 Å². The number of aromatic nitrogens is 4. The highest BCUT2D eigenvalue weighted by Gasteiger charge is 2.07. The van der Waals surface area contributed by atoms with E-state index in [4.69, 9.17) is 10.5 Å². The monoisotopic (exact) mass is 250 g/mol. The lowest BCUT2D eigenvalue weighted by atomic mass is 10.2. The molecule has 7 nitrogen and oxygen atoms in total. The first-order valence-electron chi connectivity index (χ1n) is 6.00. The van der Waals surface area contributed by atoms with E-state index < -0.39 is 0 Å². The van der Waals surface area contributed by atoms with Crippen LogP contribution in [0, 0.1) is 0 Å². The van der Waals surface area contributed by atoms with E-state index in [-0.39, 0.29) is 5.95 Å². The van der Waals surface area contributed by atoms with Gasteiger partial charge in [0.15, 0.2) is 11.5 Å². The number of aromatic amines is 1. The molecule has 0 aromatic carbocycles. The second-order valence-corrected chi connectivity index (χ2v) is 4.01. The van der Waals surface area contributed by atoms with E-state index in [2.05, 4.69) is 25.3 Å². The lowest BCUT2D eigenvalue weighted by Crippen LogP contribution is -2.07. The Bertz CT molecular complexity index is 497. The highest BCUT2D eigenvalue weighted by molar-refractivity contribution is 5.83. The topological polar surface area (TPSA) is 102 Å². The van der Waals surface area contributed by atoms with Crippen LogP contribution in [0.2, 0.25) is 0 Å². The van der Waals surface area contributed by atoms with Crippen LogP contribution in [0.4, 0.5) is 11.8 Å². The Labute approximate surface area is 105 Å². The fourth-order valence-electron chi connectivity index (χ4n) is 1.73. The largest absolute Gasteiger partial charge is 0.385 e. The van der Waals surface area contributed by atoms with Gasteiger partial charge in [-0.3, -0.25) is 0 Å². The molecule has 2 aromatic rings. The number of rotatable bonds is 7. The molecule has 0 aliphatic heterocycles. The van der Waals surface area contributed by atoms with E-state index in [0.717, 1.165) is 37.9 Å². The zero-order valence-electron chi connectivity index (χ0n) is 10.4. The van der Waals surface area contributed by atoms with Gasteiger partial charge in [-0.05, 0) is 19.3 Å². The highest BCUT2D eigenvalue weighted by Crippen LogP contribution is 2.17. The van der Waals surface area contributed by atoms with Crippen molar-refractivity contribution in [3.63, 3.8) is 0 Å². The van der Waals surface area contributed by atoms with Crippen LogP contribution in [-0.4, -0.2) is 40.2 Å². The van der Waals surface area contributed by atoms with Gasteiger partial charge in [-0.1, -0.05) is 0 Å². The number of nitrogen functional groups attached to an aromatic ring is 1. The molecular weight excluding hydrogens is 232 g/mol. The van der Waals surface area contributed by atoms with Crippen LogP contribution in [0.25, 0.3) is 11.2 Å². The number of unbranched alkanes of at least 4 members (excludes halogenated alkanes) is 2. The Balaban J connectivity index is 1.89. The Hall–Kier alpha value is -1.89. The van der Waals surface area contributed by atoms with E-state index in [1.165, 1.54) is 0 Å². The number of imidazole rings is 1. The molecule has 0 bridgehead atoms. The molecule has 0 aliphatic rings. The van der Waals surface area contributed by atoms with E-state index in [9.17, 15) is 0 Å². The van der Waals surface area contributed by atoms with Crippen LogP contribution in [0.1, 0.15) is 19.3 Å². The molecule has 0 unspecified atom stereocenters. The van der Waals surface area contributed by atoms with Gasteiger partial charge in [0.05, 0.1) is 6.33 Å². The fraction of sp³-hybridized carbons (Fsp3) is 0.545. The summed E-state index contributed by atoms with van der Waals surface area (Å²) in [6.45, 7) is 1.65. The molecule has 0 aliphatic carbocycles. The van der Waals surface area contributed by atoms with Crippen LogP contribution in [0.5, 0.6) is 0 Å². The van der Waals surface area contributed by atoms with Crippen molar-refractivity contribution in [2.45, 2.75) is 19.3 Å². The summed E-state index contributed by atoms with van der Waals surface area (Å²) in [5.41, 5.74) is 7.00. The zero-order valence-corrected chi connectivity index (χ0v) is 10.4. The minimum Gasteiger partial charge on any atom is -0.385 e. The summed E-state index contributed by atoms with van der Waals surface area (Å²) in [5, 5.41) is 3.25. The lowest BCUT2D eigenvalue weighted by molar-refractivity contribution is 0.192. The van der Waals surface area contributed by atoms with Gasteiger partial charge in [0.1, 0.15) is 5.52 Å². The molecule has 0 radical (unpaired) electrons. The highest BCUT2D eigenvalue weighted by atomic mass is 16.5. The third-order valence-corrected chi connectivity index (χ3v) is 2.62. The predicted octanol–water partition coefficient (Wildman–Crippen LogP) is 1.16. The summed E-state index contributed by atoms with van der Waals surface area (Å²) >= 11 is 0. The van der Waals surface area contributed by atoms with Gasteiger partial charge in [-0.15, -0.1) is 0 Å². The number of fused-ring (bicyclic) bond motifs is 1. The molecule has 0 saturated heterocycles. The Morgan fingerprint density at radius 3 is 3.06 bits per heavy atom. The first-order valence-corrected chi connectivity index (χ1v) is 6.00. The average molecular weight is 250 g/mol. The number of methoxy groups -OCH3 is 1. The number of nitrogens with one attached hydrogen (secondary N) is 2. The van der Waals surface area contributed by atoms with Crippen LogP contribution >= 0.6 is 0 Å². The number of hydrogen-bond donors (Lipinski definition) is 3. The fourth-order valence-corrected chi connectivity index (χ4v) is 1.73. The molecule has 7 heteroatoms. The zero-order chi connectivity index (χ0) is 12.8. The standard InChI is InChI=1S/C11H18N6O/c1-18-6-4-2-3-5-13-9-8-10(15-7-14-8)17-11(12)16-9/h7H,2-6H2,1H3,(H4,12,13,14,15,16,17). The van der Waals surface area contributed by atoms with Crippen molar-refractivity contribution in [2.24, 2.45) is 0 Å². The Morgan fingerprint density at radius 2 is 2.22 bits per heavy atom. The van der Waals surface area contributed by atoms with E-state index in [0.29, 0.717) is 11.5 Å². The maximum atomic E-state index is 5.62. The molecule has 2 heterocycles. The second-order valence-electron chi connectivity index (χ2n) is 4.01. The molecule has 98 valence electrons. The van der Waals surface area contributed by atoms with E-state index in [1.54, 1.807) is 13.4 Å². The second kappa shape index (κ2) is 6.15. The number of nitrogens with zero attached hydrogens (tertiary/aromatic N) is 3. The van der Waals surface area contributed by atoms with Crippen molar-refractivity contribution in [1.29, 1.82) is 0 Å². The molecule has 2 rings (SSSR count). The van der Waals surface area contributed by atoms with Crippen molar-refractivity contribution in [2.75, 3.05) is 31.3 Å². The summed E-state index contributed by atoms with van der Waals surface area (Å²) < 4.78 is 5.00. The third kappa shape index (κ3) is 3.07. The Kier molecular flexibility index (Phi) is 4.30. The third-order valence-electron chi connectivity index (χ3n) is 2.62. The van der Waals surface area contributed by atoms with Gasteiger partial charge in [0, 0.05) is 20.3 Å². The maximum Gasteiger partial charge on any atom is 0.224 e. The predicted molar refractivity (Wildman–Crippen MR) is 70.3 cm³/mol. The number of H-pyrrole nitrogens is 1. The Morgan fingerprint density at radius 1 is 1.33 bits per heavy atom. The quantitative estimate of drug-likeness (QED) is 0.637. The molecular formula is C11H18N6O. The summed E-state index contributed by atoms with van der Waals surface area (Å²) in [6.07, 6.45) is 4.84. The van der Waals surface area contributed by atoms with Crippen molar-refractivity contribution in [3.8, 4) is 0 Å². The van der Waals surface area contributed by atoms with Gasteiger partial charge < -0.3 is 20.8 Å². The SMILES string of the molecule is COCCCCCNc1nc(N)nc2nc[nH]c12. The molecule has 0 saturated carbocycles. The first-order chi connectivity index (χ1) is 8.81. The van der Waals surface area contributed by atoms with Gasteiger partial charge >= 0.3 is 0 Å². The van der Waals surface area contributed by atoms with Crippen LogP contribution in [0.15, 0.2) is 6.33 Å². The molecule has 4 N–H and O–H groups in total. The van der Waals surface area contributed by atoms with E-state index in [1.807, 2.05) is 0 Å². The lowest BCUT2D eigenvalue weighted by Gasteiger charge is -2.06. The van der Waals surface area contributed by atoms with Crippen molar-refractivity contribution >= 4 is 22.9 Å². The van der Waals surface area contributed by atoms with Gasteiger partial charge in [0.25, 0.3) is 0 Å².